The summed E-state index contributed by atoms with van der Waals surface area (Å²) < 4.78 is 11.6. The largest absolute Gasteiger partial charge is 0.426 e. The summed E-state index contributed by atoms with van der Waals surface area (Å²) in [5.41, 5.74) is 1.32. The number of hydrogen-bond acceptors (Lipinski definition) is 5. The second kappa shape index (κ2) is 6.62. The third kappa shape index (κ3) is 3.47. The van der Waals surface area contributed by atoms with E-state index in [2.05, 4.69) is 12.1 Å². The average molecular weight is 320 g/mol. The first-order valence-corrected chi connectivity index (χ1v) is 9.00. The van der Waals surface area contributed by atoms with Gasteiger partial charge in [0.1, 0.15) is 5.75 Å². The number of carbonyl (C=O) groups excluding carboxylic acids is 1. The van der Waals surface area contributed by atoms with Crippen molar-refractivity contribution in [3.63, 3.8) is 0 Å². The Morgan fingerprint density at radius 1 is 1.19 bits per heavy atom. The predicted molar refractivity (Wildman–Crippen MR) is 87.5 cm³/mol. The zero-order chi connectivity index (χ0) is 14.7. The molecule has 0 N–H and O–H groups in total. The van der Waals surface area contributed by atoms with Crippen LogP contribution in [0.25, 0.3) is 0 Å². The Morgan fingerprint density at radius 2 is 1.90 bits per heavy atom. The van der Waals surface area contributed by atoms with Crippen LogP contribution >= 0.6 is 23.5 Å². The van der Waals surface area contributed by atoms with Crippen LogP contribution in [0.5, 0.6) is 11.7 Å². The quantitative estimate of drug-likeness (QED) is 0.713. The Morgan fingerprint density at radius 3 is 2.57 bits per heavy atom. The second-order valence-electron chi connectivity index (χ2n) is 4.64. The van der Waals surface area contributed by atoms with Gasteiger partial charge in [0.15, 0.2) is 11.5 Å². The molecule has 2 aromatic rings. The lowest BCUT2D eigenvalue weighted by Crippen LogP contribution is -1.92. The molecule has 21 heavy (non-hydrogen) atoms. The zero-order valence-corrected chi connectivity index (χ0v) is 13.3. The van der Waals surface area contributed by atoms with Crippen LogP contribution in [-0.4, -0.2) is 17.3 Å². The van der Waals surface area contributed by atoms with Crippen molar-refractivity contribution >= 4 is 29.3 Å². The van der Waals surface area contributed by atoms with Gasteiger partial charge in [-0.2, -0.15) is 0 Å². The first-order chi connectivity index (χ1) is 10.3. The van der Waals surface area contributed by atoms with Crippen LogP contribution in [0.2, 0.25) is 0 Å². The topological polar surface area (TPSA) is 39.4 Å². The van der Waals surface area contributed by atoms with Gasteiger partial charge in [0.25, 0.3) is 5.95 Å². The maximum atomic E-state index is 11.5. The smallest absolute Gasteiger partial charge is 0.290 e. The molecule has 110 valence electrons. The minimum atomic E-state index is -0.0181. The van der Waals surface area contributed by atoms with Crippen molar-refractivity contribution in [1.29, 1.82) is 0 Å². The van der Waals surface area contributed by atoms with E-state index in [9.17, 15) is 4.79 Å². The van der Waals surface area contributed by atoms with Gasteiger partial charge < -0.3 is 9.15 Å². The van der Waals surface area contributed by atoms with Crippen LogP contribution in [0.1, 0.15) is 34.0 Å². The van der Waals surface area contributed by atoms with Gasteiger partial charge in [0, 0.05) is 24.0 Å². The molecule has 3 nitrogen and oxygen atoms in total. The number of hydrogen-bond donors (Lipinski definition) is 0. The molecule has 0 amide bonds. The molecule has 1 aliphatic heterocycles. The van der Waals surface area contributed by atoms with Gasteiger partial charge in [0.2, 0.25) is 0 Å². The van der Waals surface area contributed by atoms with Gasteiger partial charge >= 0.3 is 0 Å². The number of rotatable bonds is 5. The van der Waals surface area contributed by atoms with Crippen molar-refractivity contribution in [3.8, 4) is 11.7 Å². The molecule has 0 radical (unpaired) electrons. The van der Waals surface area contributed by atoms with E-state index in [1.807, 2.05) is 42.6 Å². The maximum absolute atomic E-state index is 11.5. The lowest BCUT2D eigenvalue weighted by atomic mass is 10.2. The third-order valence-corrected chi connectivity index (χ3v) is 6.27. The van der Waals surface area contributed by atoms with Gasteiger partial charge in [-0.1, -0.05) is 19.1 Å². The lowest BCUT2D eigenvalue weighted by Gasteiger charge is -2.09. The van der Waals surface area contributed by atoms with Gasteiger partial charge in [-0.15, -0.1) is 23.5 Å². The Kier molecular flexibility index (Phi) is 4.60. The summed E-state index contributed by atoms with van der Waals surface area (Å²) in [4.78, 5) is 11.5. The van der Waals surface area contributed by atoms with Crippen LogP contribution in [0.4, 0.5) is 0 Å². The fourth-order valence-corrected chi connectivity index (χ4v) is 4.92. The van der Waals surface area contributed by atoms with Crippen molar-refractivity contribution in [3.05, 3.63) is 47.7 Å². The number of furan rings is 1. The van der Waals surface area contributed by atoms with E-state index >= 15 is 0 Å². The molecule has 1 fully saturated rings. The maximum Gasteiger partial charge on any atom is 0.290 e. The summed E-state index contributed by atoms with van der Waals surface area (Å²) in [6.07, 6.45) is 0.429. The molecule has 2 heterocycles. The number of ketones is 1. The Labute approximate surface area is 132 Å². The number of Topliss-reactive ketones (excluding diaryl/α,β-unsaturated/α-hetero) is 1. The Hall–Kier alpha value is -1.33. The van der Waals surface area contributed by atoms with Gasteiger partial charge in [-0.3, -0.25) is 4.79 Å². The second-order valence-corrected chi connectivity index (χ2v) is 7.36. The predicted octanol–water partition coefficient (Wildman–Crippen LogP) is 5.14. The first kappa shape index (κ1) is 14.6. The van der Waals surface area contributed by atoms with Crippen LogP contribution in [0.3, 0.4) is 0 Å². The molecule has 3 rings (SSSR count). The molecule has 0 spiro atoms. The van der Waals surface area contributed by atoms with Crippen LogP contribution in [0.15, 0.2) is 40.8 Å². The molecule has 0 bridgehead atoms. The Bertz CT molecular complexity index is 613. The van der Waals surface area contributed by atoms with Crippen LogP contribution < -0.4 is 4.74 Å². The van der Waals surface area contributed by atoms with Gasteiger partial charge in [-0.25, -0.2) is 0 Å². The number of ether oxygens (including phenoxy) is 1. The lowest BCUT2D eigenvalue weighted by molar-refractivity contribution is 0.0956. The summed E-state index contributed by atoms with van der Waals surface area (Å²) >= 11 is 3.96. The molecule has 0 saturated carbocycles. The molecular formula is C16H16O3S2. The van der Waals surface area contributed by atoms with E-state index < -0.39 is 0 Å². The fraction of sp³-hybridized carbons (Fsp3) is 0.312. The van der Waals surface area contributed by atoms with E-state index in [1.165, 1.54) is 17.1 Å². The van der Waals surface area contributed by atoms with E-state index in [0.717, 1.165) is 5.75 Å². The zero-order valence-electron chi connectivity index (χ0n) is 11.7. The van der Waals surface area contributed by atoms with Gasteiger partial charge in [-0.05, 0) is 23.8 Å². The monoisotopic (exact) mass is 320 g/mol. The third-order valence-electron chi connectivity index (χ3n) is 3.17. The van der Waals surface area contributed by atoms with Crippen LogP contribution in [-0.2, 0) is 0 Å². The highest BCUT2D eigenvalue weighted by atomic mass is 32.2. The van der Waals surface area contributed by atoms with Crippen molar-refractivity contribution in [2.75, 3.05) is 11.5 Å². The van der Waals surface area contributed by atoms with Crippen LogP contribution in [0, 0.1) is 0 Å². The van der Waals surface area contributed by atoms with E-state index in [4.69, 9.17) is 9.15 Å². The highest BCUT2D eigenvalue weighted by molar-refractivity contribution is 8.19. The number of thioether (sulfide) groups is 2. The minimum Gasteiger partial charge on any atom is -0.426 e. The standard InChI is InChI=1S/C16H16O3S2/c1-2-13(17)14-7-8-15(19-14)18-12-5-3-11(4-6-12)16-20-9-10-21-16/h3-8,16H,2,9-10H2,1H3. The van der Waals surface area contributed by atoms with E-state index in [-0.39, 0.29) is 5.78 Å². The normalized spacial score (nSPS) is 15.3. The molecule has 1 aromatic carbocycles. The van der Waals surface area contributed by atoms with Crippen molar-refractivity contribution in [1.82, 2.24) is 0 Å². The average Bonchev–Trinajstić information content (AvgIpc) is 3.18. The number of benzene rings is 1. The highest BCUT2D eigenvalue weighted by Gasteiger charge is 2.18. The molecule has 1 saturated heterocycles. The highest BCUT2D eigenvalue weighted by Crippen LogP contribution is 2.45. The summed E-state index contributed by atoms with van der Waals surface area (Å²) in [6.45, 7) is 1.81. The summed E-state index contributed by atoms with van der Waals surface area (Å²) in [7, 11) is 0. The SMILES string of the molecule is CCC(=O)c1ccc(Oc2ccc(C3SCCS3)cc2)o1. The minimum absolute atomic E-state index is 0.0181. The molecule has 0 atom stereocenters. The molecule has 1 aromatic heterocycles. The molecule has 5 heteroatoms. The first-order valence-electron chi connectivity index (χ1n) is 6.90. The van der Waals surface area contributed by atoms with Crippen molar-refractivity contribution in [2.45, 2.75) is 17.9 Å². The summed E-state index contributed by atoms with van der Waals surface area (Å²) in [5, 5.41) is 0. The Balaban J connectivity index is 1.67. The van der Waals surface area contributed by atoms with E-state index in [1.54, 1.807) is 12.1 Å². The van der Waals surface area contributed by atoms with Crippen molar-refractivity contribution in [2.24, 2.45) is 0 Å². The molecular weight excluding hydrogens is 304 g/mol. The molecule has 1 aliphatic rings. The molecule has 0 unspecified atom stereocenters. The summed E-state index contributed by atoms with van der Waals surface area (Å²) in [6, 6.07) is 11.4. The molecule has 0 aliphatic carbocycles. The van der Waals surface area contributed by atoms with E-state index in [0.29, 0.717) is 22.7 Å². The number of carbonyl (C=O) groups is 1. The summed E-state index contributed by atoms with van der Waals surface area (Å²) in [5.74, 6) is 3.83. The van der Waals surface area contributed by atoms with Gasteiger partial charge in [0.05, 0.1) is 4.58 Å². The van der Waals surface area contributed by atoms with Crippen molar-refractivity contribution < 1.29 is 13.9 Å². The fourth-order valence-electron chi connectivity index (χ4n) is 2.06.